The van der Waals surface area contributed by atoms with Crippen LogP contribution in [0.15, 0.2) is 0 Å². The van der Waals surface area contributed by atoms with E-state index in [9.17, 15) is 0 Å². The quantitative estimate of drug-likeness (QED) is 0.821. The lowest BCUT2D eigenvalue weighted by molar-refractivity contribution is -0.0153. The molecule has 0 aliphatic heterocycles. The van der Waals surface area contributed by atoms with Gasteiger partial charge in [0.2, 0.25) is 0 Å². The zero-order chi connectivity index (χ0) is 12.8. The van der Waals surface area contributed by atoms with Crippen molar-refractivity contribution in [2.24, 2.45) is 35.3 Å². The number of nitrogens with one attached hydrogen (secondary N) is 1. The highest BCUT2D eigenvalue weighted by molar-refractivity contribution is 5.01. The van der Waals surface area contributed by atoms with Crippen molar-refractivity contribution in [2.45, 2.75) is 69.9 Å². The van der Waals surface area contributed by atoms with Crippen LogP contribution in [0.2, 0.25) is 0 Å². The second-order valence-electron chi connectivity index (χ2n) is 8.15. The van der Waals surface area contributed by atoms with Crippen molar-refractivity contribution in [1.82, 2.24) is 5.32 Å². The van der Waals surface area contributed by atoms with E-state index in [2.05, 4.69) is 5.32 Å². The maximum atomic E-state index is 6.01. The van der Waals surface area contributed by atoms with E-state index >= 15 is 0 Å². The minimum Gasteiger partial charge on any atom is -0.328 e. The Balaban J connectivity index is 1.31. The first-order chi connectivity index (χ1) is 9.28. The maximum absolute atomic E-state index is 6.01. The molecule has 108 valence electrons. The molecule has 0 aromatic carbocycles. The van der Waals surface area contributed by atoms with Crippen LogP contribution in [0.3, 0.4) is 0 Å². The molecule has 0 atom stereocenters. The van der Waals surface area contributed by atoms with Gasteiger partial charge in [-0.2, -0.15) is 0 Å². The van der Waals surface area contributed by atoms with E-state index < -0.39 is 0 Å². The summed E-state index contributed by atoms with van der Waals surface area (Å²) in [5.74, 6) is 5.18. The fraction of sp³-hybridized carbons (Fsp3) is 1.00. The molecule has 0 amide bonds. The molecule has 2 heteroatoms. The minimum absolute atomic E-state index is 0.498. The monoisotopic (exact) mass is 262 g/mol. The van der Waals surface area contributed by atoms with Gasteiger partial charge in [-0.1, -0.05) is 0 Å². The largest absolute Gasteiger partial charge is 0.328 e. The normalized spacial score (nSPS) is 52.6. The molecular formula is C17H30N2. The molecule has 0 aromatic heterocycles. The molecule has 0 heterocycles. The predicted octanol–water partition coefficient (Wildman–Crippen LogP) is 2.92. The summed E-state index contributed by atoms with van der Waals surface area (Å²) in [6.45, 7) is 1.28. The predicted molar refractivity (Wildman–Crippen MR) is 78.8 cm³/mol. The third-order valence-corrected chi connectivity index (χ3v) is 6.76. The minimum atomic E-state index is 0.498. The van der Waals surface area contributed by atoms with Crippen LogP contribution in [0, 0.1) is 29.6 Å². The number of hydrogen-bond acceptors (Lipinski definition) is 2. The smallest absolute Gasteiger partial charge is 0.0124 e. The molecule has 5 saturated carbocycles. The maximum Gasteiger partial charge on any atom is 0.0124 e. The van der Waals surface area contributed by atoms with Gasteiger partial charge in [0.1, 0.15) is 0 Å². The van der Waals surface area contributed by atoms with Gasteiger partial charge in [-0.25, -0.2) is 0 Å². The van der Waals surface area contributed by atoms with Crippen molar-refractivity contribution in [3.05, 3.63) is 0 Å². The Labute approximate surface area is 117 Å². The number of nitrogens with two attached hydrogens (primary N) is 1. The van der Waals surface area contributed by atoms with Crippen molar-refractivity contribution in [2.75, 3.05) is 6.54 Å². The van der Waals surface area contributed by atoms with E-state index in [0.29, 0.717) is 6.04 Å². The molecule has 5 rings (SSSR count). The first-order valence-electron chi connectivity index (χ1n) is 8.77. The highest BCUT2D eigenvalue weighted by atomic mass is 14.9. The van der Waals surface area contributed by atoms with Gasteiger partial charge in [0.25, 0.3) is 0 Å². The molecule has 5 fully saturated rings. The molecule has 2 nitrogen and oxygen atoms in total. The van der Waals surface area contributed by atoms with E-state index in [1.54, 1.807) is 32.1 Å². The Kier molecular flexibility index (Phi) is 3.35. The topological polar surface area (TPSA) is 38.0 Å². The summed E-state index contributed by atoms with van der Waals surface area (Å²) >= 11 is 0. The molecule has 0 unspecified atom stereocenters. The van der Waals surface area contributed by atoms with Crippen molar-refractivity contribution in [1.29, 1.82) is 0 Å². The van der Waals surface area contributed by atoms with Crippen LogP contribution >= 0.6 is 0 Å². The molecule has 0 aromatic rings. The summed E-state index contributed by atoms with van der Waals surface area (Å²) in [5, 5.41) is 4.01. The van der Waals surface area contributed by atoms with E-state index in [4.69, 9.17) is 5.73 Å². The molecule has 19 heavy (non-hydrogen) atoms. The lowest BCUT2D eigenvalue weighted by Gasteiger charge is -2.55. The van der Waals surface area contributed by atoms with Crippen molar-refractivity contribution >= 4 is 0 Å². The molecule has 0 radical (unpaired) electrons. The van der Waals surface area contributed by atoms with E-state index in [1.165, 1.54) is 32.2 Å². The van der Waals surface area contributed by atoms with Crippen LogP contribution in [-0.4, -0.2) is 18.6 Å². The van der Waals surface area contributed by atoms with E-state index in [1.807, 2.05) is 0 Å². The molecule has 0 saturated heterocycles. The number of rotatable bonds is 3. The summed E-state index contributed by atoms with van der Waals surface area (Å²) in [5.41, 5.74) is 6.01. The van der Waals surface area contributed by atoms with Crippen molar-refractivity contribution in [3.63, 3.8) is 0 Å². The fourth-order valence-electron chi connectivity index (χ4n) is 5.95. The SMILES string of the molecule is NC1CCC(CNC2C3CC4CC(C3)CC2C4)CC1. The van der Waals surface area contributed by atoms with Gasteiger partial charge in [-0.3, -0.25) is 0 Å². The fourth-order valence-corrected chi connectivity index (χ4v) is 5.95. The Hall–Kier alpha value is -0.0800. The van der Waals surface area contributed by atoms with Crippen molar-refractivity contribution < 1.29 is 0 Å². The third kappa shape index (κ3) is 2.47. The van der Waals surface area contributed by atoms with Crippen LogP contribution in [-0.2, 0) is 0 Å². The molecule has 4 bridgehead atoms. The zero-order valence-corrected chi connectivity index (χ0v) is 12.2. The molecule has 5 aliphatic rings. The summed E-state index contributed by atoms with van der Waals surface area (Å²) in [7, 11) is 0. The van der Waals surface area contributed by atoms with E-state index in [0.717, 1.165) is 35.6 Å². The zero-order valence-electron chi connectivity index (χ0n) is 12.2. The van der Waals surface area contributed by atoms with Crippen LogP contribution < -0.4 is 11.1 Å². The highest BCUT2D eigenvalue weighted by Crippen LogP contribution is 2.53. The Bertz CT molecular complexity index is 291. The molecule has 0 spiro atoms. The van der Waals surface area contributed by atoms with Crippen LogP contribution in [0.5, 0.6) is 0 Å². The van der Waals surface area contributed by atoms with Gasteiger partial charge in [-0.05, 0) is 93.9 Å². The summed E-state index contributed by atoms with van der Waals surface area (Å²) in [6.07, 6.45) is 13.0. The lowest BCUT2D eigenvalue weighted by atomic mass is 9.54. The summed E-state index contributed by atoms with van der Waals surface area (Å²) in [6, 6.07) is 1.38. The van der Waals surface area contributed by atoms with Crippen molar-refractivity contribution in [3.8, 4) is 0 Å². The molecule has 5 aliphatic carbocycles. The lowest BCUT2D eigenvalue weighted by Crippen LogP contribution is -2.55. The van der Waals surface area contributed by atoms with E-state index in [-0.39, 0.29) is 0 Å². The van der Waals surface area contributed by atoms with Gasteiger partial charge in [0.15, 0.2) is 0 Å². The van der Waals surface area contributed by atoms with Gasteiger partial charge in [-0.15, -0.1) is 0 Å². The first-order valence-corrected chi connectivity index (χ1v) is 8.77. The average molecular weight is 262 g/mol. The second kappa shape index (κ2) is 5.04. The molecular weight excluding hydrogens is 232 g/mol. The standard InChI is InChI=1S/C17H30N2/c18-16-3-1-11(2-4-16)10-19-17-14-6-12-5-13(8-14)9-15(17)7-12/h11-17,19H,1-10,18H2. The Morgan fingerprint density at radius 1 is 0.789 bits per heavy atom. The van der Waals surface area contributed by atoms with Crippen LogP contribution in [0.4, 0.5) is 0 Å². The summed E-state index contributed by atoms with van der Waals surface area (Å²) < 4.78 is 0. The Morgan fingerprint density at radius 3 is 1.95 bits per heavy atom. The van der Waals surface area contributed by atoms with Crippen LogP contribution in [0.25, 0.3) is 0 Å². The van der Waals surface area contributed by atoms with Crippen LogP contribution in [0.1, 0.15) is 57.8 Å². The summed E-state index contributed by atoms with van der Waals surface area (Å²) in [4.78, 5) is 0. The van der Waals surface area contributed by atoms with Gasteiger partial charge in [0.05, 0.1) is 0 Å². The third-order valence-electron chi connectivity index (χ3n) is 6.76. The highest BCUT2D eigenvalue weighted by Gasteiger charge is 2.47. The second-order valence-corrected chi connectivity index (χ2v) is 8.15. The van der Waals surface area contributed by atoms with Gasteiger partial charge >= 0.3 is 0 Å². The van der Waals surface area contributed by atoms with Gasteiger partial charge in [0, 0.05) is 12.1 Å². The first kappa shape index (κ1) is 12.6. The number of hydrogen-bond donors (Lipinski definition) is 2. The molecule has 3 N–H and O–H groups in total. The van der Waals surface area contributed by atoms with Gasteiger partial charge < -0.3 is 11.1 Å². The Morgan fingerprint density at radius 2 is 1.37 bits per heavy atom. The average Bonchev–Trinajstić information content (AvgIpc) is 2.39.